The van der Waals surface area contributed by atoms with E-state index in [9.17, 15) is 4.79 Å². The molecule has 0 saturated carbocycles. The number of hydrogen-bond donors (Lipinski definition) is 2. The standard InChI is InChI=1S/C12H18N4O2.ClH/c1-12(2,8-17)15-7-11(18)16-9(5-13)3-4-10(16)6-14;/h9-10,15,17H,3-4,7-8H2,1-2H3;1H/t9-,10+;. The molecule has 1 fully saturated rings. The average molecular weight is 287 g/mol. The van der Waals surface area contributed by atoms with Crippen molar-refractivity contribution >= 4 is 18.3 Å². The lowest BCUT2D eigenvalue weighted by molar-refractivity contribution is -0.131. The van der Waals surface area contributed by atoms with Crippen LogP contribution >= 0.6 is 12.4 Å². The molecule has 6 nitrogen and oxygen atoms in total. The number of aliphatic hydroxyl groups excluding tert-OH is 1. The summed E-state index contributed by atoms with van der Waals surface area (Å²) in [5.74, 6) is -0.271. The number of nitrogens with zero attached hydrogens (tertiary/aromatic N) is 3. The predicted molar refractivity (Wildman–Crippen MR) is 71.3 cm³/mol. The molecule has 2 atom stereocenters. The number of carbonyl (C=O) groups is 1. The predicted octanol–water partition coefficient (Wildman–Crippen LogP) is 0.175. The zero-order valence-electron chi connectivity index (χ0n) is 11.1. The molecule has 1 aliphatic heterocycles. The first-order valence-electron chi connectivity index (χ1n) is 5.91. The lowest BCUT2D eigenvalue weighted by Gasteiger charge is -2.27. The molecule has 0 bridgehead atoms. The van der Waals surface area contributed by atoms with Gasteiger partial charge in [-0.15, -0.1) is 12.4 Å². The molecule has 1 rings (SSSR count). The molecule has 0 spiro atoms. The first kappa shape index (κ1) is 17.7. The SMILES string of the molecule is CC(C)(CO)NCC(=O)N1[C@H](C#N)CC[C@@H]1C#N.Cl. The van der Waals surface area contributed by atoms with Gasteiger partial charge in [-0.1, -0.05) is 0 Å². The van der Waals surface area contributed by atoms with Crippen molar-refractivity contribution in [2.24, 2.45) is 0 Å². The lowest BCUT2D eigenvalue weighted by Crippen LogP contribution is -2.50. The largest absolute Gasteiger partial charge is 0.394 e. The van der Waals surface area contributed by atoms with Crippen molar-refractivity contribution in [2.75, 3.05) is 13.2 Å². The van der Waals surface area contributed by atoms with Crippen LogP contribution in [-0.2, 0) is 4.79 Å². The number of aliphatic hydroxyl groups is 1. The van der Waals surface area contributed by atoms with E-state index in [2.05, 4.69) is 5.32 Å². The summed E-state index contributed by atoms with van der Waals surface area (Å²) in [5, 5.41) is 29.9. The van der Waals surface area contributed by atoms with Gasteiger partial charge in [0.05, 0.1) is 25.3 Å². The first-order chi connectivity index (χ1) is 8.45. The highest BCUT2D eigenvalue weighted by atomic mass is 35.5. The highest BCUT2D eigenvalue weighted by molar-refractivity contribution is 5.85. The zero-order valence-corrected chi connectivity index (χ0v) is 11.9. The van der Waals surface area contributed by atoms with Crippen molar-refractivity contribution in [1.82, 2.24) is 10.2 Å². The van der Waals surface area contributed by atoms with Crippen molar-refractivity contribution in [3.05, 3.63) is 0 Å². The van der Waals surface area contributed by atoms with E-state index in [-0.39, 0.29) is 31.5 Å². The van der Waals surface area contributed by atoms with Crippen LogP contribution in [-0.4, -0.2) is 46.7 Å². The third kappa shape index (κ3) is 4.36. The molecule has 0 aromatic carbocycles. The van der Waals surface area contributed by atoms with Gasteiger partial charge < -0.3 is 15.3 Å². The van der Waals surface area contributed by atoms with E-state index in [1.54, 1.807) is 13.8 Å². The van der Waals surface area contributed by atoms with Gasteiger partial charge in [0.1, 0.15) is 12.1 Å². The molecule has 19 heavy (non-hydrogen) atoms. The Balaban J connectivity index is 0.00000324. The van der Waals surface area contributed by atoms with Crippen LogP contribution in [0.25, 0.3) is 0 Å². The van der Waals surface area contributed by atoms with Crippen LogP contribution in [0, 0.1) is 22.7 Å². The minimum Gasteiger partial charge on any atom is -0.394 e. The lowest BCUT2D eigenvalue weighted by atomic mass is 10.1. The second-order valence-electron chi connectivity index (χ2n) is 5.06. The van der Waals surface area contributed by atoms with Crippen LogP contribution in [0.2, 0.25) is 0 Å². The van der Waals surface area contributed by atoms with Crippen LogP contribution in [0.15, 0.2) is 0 Å². The maximum atomic E-state index is 12.0. The minimum absolute atomic E-state index is 0. The summed E-state index contributed by atoms with van der Waals surface area (Å²) in [4.78, 5) is 13.4. The number of hydrogen-bond acceptors (Lipinski definition) is 5. The Morgan fingerprint density at radius 2 is 1.84 bits per heavy atom. The minimum atomic E-state index is -0.556. The van der Waals surface area contributed by atoms with Gasteiger partial charge in [-0.3, -0.25) is 4.79 Å². The van der Waals surface area contributed by atoms with E-state index < -0.39 is 17.6 Å². The molecule has 0 aromatic heterocycles. The number of nitrogens with one attached hydrogen (secondary N) is 1. The molecule has 1 amide bonds. The molecule has 0 unspecified atom stereocenters. The number of carbonyl (C=O) groups excluding carboxylic acids is 1. The fourth-order valence-electron chi connectivity index (χ4n) is 1.87. The molecule has 7 heteroatoms. The van der Waals surface area contributed by atoms with Gasteiger partial charge >= 0.3 is 0 Å². The second-order valence-corrected chi connectivity index (χ2v) is 5.06. The summed E-state index contributed by atoms with van der Waals surface area (Å²) in [6.45, 7) is 3.47. The Hall–Kier alpha value is -1.34. The molecule has 1 heterocycles. The van der Waals surface area contributed by atoms with Gasteiger partial charge in [-0.05, 0) is 26.7 Å². The fraction of sp³-hybridized carbons (Fsp3) is 0.750. The summed E-state index contributed by atoms with van der Waals surface area (Å²) in [6.07, 6.45) is 1.09. The van der Waals surface area contributed by atoms with E-state index in [1.165, 1.54) is 4.90 Å². The van der Waals surface area contributed by atoms with Crippen LogP contribution in [0.3, 0.4) is 0 Å². The summed E-state index contributed by atoms with van der Waals surface area (Å²) >= 11 is 0. The molecule has 2 N–H and O–H groups in total. The summed E-state index contributed by atoms with van der Waals surface area (Å²) in [5.41, 5.74) is -0.556. The Morgan fingerprint density at radius 1 is 1.37 bits per heavy atom. The van der Waals surface area contributed by atoms with Gasteiger partial charge in [0.25, 0.3) is 0 Å². The quantitative estimate of drug-likeness (QED) is 0.768. The van der Waals surface area contributed by atoms with Crippen molar-refractivity contribution in [3.63, 3.8) is 0 Å². The Morgan fingerprint density at radius 3 is 2.21 bits per heavy atom. The molecule has 0 aromatic rings. The molecule has 106 valence electrons. The van der Waals surface area contributed by atoms with Crippen LogP contribution in [0.5, 0.6) is 0 Å². The zero-order chi connectivity index (χ0) is 13.8. The van der Waals surface area contributed by atoms with E-state index in [0.717, 1.165) is 0 Å². The Kier molecular flexibility index (Phi) is 6.78. The maximum absolute atomic E-state index is 12.0. The molecule has 1 aliphatic rings. The molecule has 0 aliphatic carbocycles. The number of rotatable bonds is 4. The van der Waals surface area contributed by atoms with Gasteiger partial charge in [-0.2, -0.15) is 10.5 Å². The van der Waals surface area contributed by atoms with Gasteiger partial charge in [0.2, 0.25) is 5.91 Å². The summed E-state index contributed by atoms with van der Waals surface area (Å²) in [7, 11) is 0. The Bertz CT molecular complexity index is 378. The van der Waals surface area contributed by atoms with Crippen molar-refractivity contribution < 1.29 is 9.90 Å². The van der Waals surface area contributed by atoms with Crippen molar-refractivity contribution in [3.8, 4) is 12.1 Å². The Labute approximate surface area is 119 Å². The van der Waals surface area contributed by atoms with E-state index in [4.69, 9.17) is 15.6 Å². The van der Waals surface area contributed by atoms with Crippen molar-refractivity contribution in [2.45, 2.75) is 44.3 Å². The highest BCUT2D eigenvalue weighted by Crippen LogP contribution is 2.23. The maximum Gasteiger partial charge on any atom is 0.238 e. The molecular weight excluding hydrogens is 268 g/mol. The number of halogens is 1. The number of amides is 1. The topological polar surface area (TPSA) is 100 Å². The van der Waals surface area contributed by atoms with Crippen LogP contribution in [0.1, 0.15) is 26.7 Å². The molecule has 1 saturated heterocycles. The number of likely N-dealkylation sites (tertiary alicyclic amines) is 1. The third-order valence-corrected chi connectivity index (χ3v) is 3.08. The summed E-state index contributed by atoms with van der Waals surface area (Å²) in [6, 6.07) is 3.07. The monoisotopic (exact) mass is 286 g/mol. The van der Waals surface area contributed by atoms with Crippen LogP contribution in [0.4, 0.5) is 0 Å². The normalized spacial score (nSPS) is 22.3. The summed E-state index contributed by atoms with van der Waals surface area (Å²) < 4.78 is 0. The number of nitriles is 2. The van der Waals surface area contributed by atoms with Crippen LogP contribution < -0.4 is 5.32 Å². The van der Waals surface area contributed by atoms with Gasteiger partial charge in [0, 0.05) is 5.54 Å². The average Bonchev–Trinajstić information content (AvgIpc) is 2.79. The van der Waals surface area contributed by atoms with E-state index in [0.29, 0.717) is 12.8 Å². The van der Waals surface area contributed by atoms with E-state index in [1.807, 2.05) is 12.1 Å². The second kappa shape index (κ2) is 7.30. The fourth-order valence-corrected chi connectivity index (χ4v) is 1.87. The highest BCUT2D eigenvalue weighted by Gasteiger charge is 2.37. The molecule has 0 radical (unpaired) electrons. The van der Waals surface area contributed by atoms with Gasteiger partial charge in [-0.25, -0.2) is 0 Å². The smallest absolute Gasteiger partial charge is 0.238 e. The van der Waals surface area contributed by atoms with Gasteiger partial charge in [0.15, 0.2) is 0 Å². The van der Waals surface area contributed by atoms with Crippen molar-refractivity contribution in [1.29, 1.82) is 10.5 Å². The molecular formula is C12H19ClN4O2. The first-order valence-corrected chi connectivity index (χ1v) is 5.91. The van der Waals surface area contributed by atoms with E-state index >= 15 is 0 Å². The third-order valence-electron chi connectivity index (χ3n) is 3.08.